The lowest BCUT2D eigenvalue weighted by molar-refractivity contribution is -0.181. The maximum atomic E-state index is 12.5. The van der Waals surface area contributed by atoms with E-state index in [1.807, 2.05) is 30.3 Å². The van der Waals surface area contributed by atoms with Crippen LogP contribution in [0.5, 0.6) is 0 Å². The predicted molar refractivity (Wildman–Crippen MR) is 88.5 cm³/mol. The molecule has 126 valence electrons. The molecule has 2 N–H and O–H groups in total. The van der Waals surface area contributed by atoms with Gasteiger partial charge in [-0.25, -0.2) is 4.79 Å². The van der Waals surface area contributed by atoms with Crippen LogP contribution in [0, 0.1) is 0 Å². The fourth-order valence-corrected chi connectivity index (χ4v) is 3.22. The summed E-state index contributed by atoms with van der Waals surface area (Å²) >= 11 is 0. The van der Waals surface area contributed by atoms with E-state index >= 15 is 0 Å². The third-order valence-corrected chi connectivity index (χ3v) is 4.55. The van der Waals surface area contributed by atoms with Crippen LogP contribution >= 0.6 is 0 Å². The van der Waals surface area contributed by atoms with Gasteiger partial charge in [-0.3, -0.25) is 5.10 Å². The summed E-state index contributed by atoms with van der Waals surface area (Å²) in [6.07, 6.45) is 3.14. The van der Waals surface area contributed by atoms with Gasteiger partial charge >= 0.3 is 6.03 Å². The first-order chi connectivity index (χ1) is 11.7. The number of hydrogen-bond acceptors (Lipinski definition) is 4. The van der Waals surface area contributed by atoms with E-state index in [9.17, 15) is 4.79 Å². The number of rotatable bonds is 2. The summed E-state index contributed by atoms with van der Waals surface area (Å²) in [6, 6.07) is 9.50. The standard InChI is InChI=1S/C17H20N4O3/c22-16(21-8-5-17(6-9-21)23-10-11-24-17)19-14-3-1-2-13(12-14)15-4-7-18-20-15/h1-4,7,12H,5-6,8-11H2,(H,18,20)(H,19,22). The van der Waals surface area contributed by atoms with Crippen molar-refractivity contribution in [2.75, 3.05) is 31.6 Å². The number of aromatic amines is 1. The predicted octanol–water partition coefficient (Wildman–Crippen LogP) is 2.45. The number of nitrogens with zero attached hydrogens (tertiary/aromatic N) is 2. The summed E-state index contributed by atoms with van der Waals surface area (Å²) < 4.78 is 11.4. The number of carbonyl (C=O) groups excluding carboxylic acids is 1. The smallest absolute Gasteiger partial charge is 0.321 e. The van der Waals surface area contributed by atoms with Gasteiger partial charge in [0.15, 0.2) is 5.79 Å². The average Bonchev–Trinajstić information content (AvgIpc) is 3.28. The number of ether oxygens (including phenoxy) is 2. The van der Waals surface area contributed by atoms with Crippen LogP contribution < -0.4 is 5.32 Å². The number of anilines is 1. The van der Waals surface area contributed by atoms with Crippen LogP contribution in [0.15, 0.2) is 36.5 Å². The first-order valence-corrected chi connectivity index (χ1v) is 8.18. The van der Waals surface area contributed by atoms with Crippen molar-refractivity contribution in [2.24, 2.45) is 0 Å². The van der Waals surface area contributed by atoms with Gasteiger partial charge < -0.3 is 19.7 Å². The molecule has 0 saturated carbocycles. The Labute approximate surface area is 139 Å². The van der Waals surface area contributed by atoms with E-state index in [0.717, 1.165) is 16.9 Å². The second-order valence-electron chi connectivity index (χ2n) is 6.08. The van der Waals surface area contributed by atoms with Gasteiger partial charge in [0.2, 0.25) is 0 Å². The molecule has 7 heteroatoms. The van der Waals surface area contributed by atoms with Crippen molar-refractivity contribution in [2.45, 2.75) is 18.6 Å². The van der Waals surface area contributed by atoms with Crippen molar-refractivity contribution in [3.63, 3.8) is 0 Å². The van der Waals surface area contributed by atoms with E-state index in [-0.39, 0.29) is 6.03 Å². The van der Waals surface area contributed by atoms with Crippen LogP contribution in [0.1, 0.15) is 12.8 Å². The number of likely N-dealkylation sites (tertiary alicyclic amines) is 1. The molecular weight excluding hydrogens is 308 g/mol. The Kier molecular flexibility index (Phi) is 3.95. The number of piperidine rings is 1. The van der Waals surface area contributed by atoms with E-state index in [1.165, 1.54) is 0 Å². The van der Waals surface area contributed by atoms with Gasteiger partial charge in [0.05, 0.1) is 18.9 Å². The van der Waals surface area contributed by atoms with Gasteiger partial charge in [-0.2, -0.15) is 5.10 Å². The second-order valence-corrected chi connectivity index (χ2v) is 6.08. The lowest BCUT2D eigenvalue weighted by Gasteiger charge is -2.37. The largest absolute Gasteiger partial charge is 0.347 e. The lowest BCUT2D eigenvalue weighted by atomic mass is 10.0. The van der Waals surface area contributed by atoms with Crippen LogP contribution in [0.2, 0.25) is 0 Å². The number of benzene rings is 1. The number of urea groups is 1. The molecule has 2 aromatic rings. The first-order valence-electron chi connectivity index (χ1n) is 8.18. The molecule has 2 fully saturated rings. The number of nitrogens with one attached hydrogen (secondary N) is 2. The molecule has 2 aliphatic rings. The third kappa shape index (κ3) is 3.00. The quantitative estimate of drug-likeness (QED) is 0.887. The second kappa shape index (κ2) is 6.26. The Hall–Kier alpha value is -2.38. The minimum Gasteiger partial charge on any atom is -0.347 e. The molecule has 2 saturated heterocycles. The molecule has 0 unspecified atom stereocenters. The van der Waals surface area contributed by atoms with Crippen molar-refractivity contribution >= 4 is 11.7 Å². The van der Waals surface area contributed by atoms with Gasteiger partial charge in [0.1, 0.15) is 0 Å². The van der Waals surface area contributed by atoms with Gasteiger partial charge in [-0.15, -0.1) is 0 Å². The number of carbonyl (C=O) groups is 1. The molecule has 0 radical (unpaired) electrons. The maximum absolute atomic E-state index is 12.5. The lowest BCUT2D eigenvalue weighted by Crippen LogP contribution is -2.48. The third-order valence-electron chi connectivity index (χ3n) is 4.55. The van der Waals surface area contributed by atoms with Crippen LogP contribution in [0.4, 0.5) is 10.5 Å². The van der Waals surface area contributed by atoms with Crippen LogP contribution in [0.25, 0.3) is 11.3 Å². The highest BCUT2D eigenvalue weighted by atomic mass is 16.7. The molecule has 3 heterocycles. The fourth-order valence-electron chi connectivity index (χ4n) is 3.22. The summed E-state index contributed by atoms with van der Waals surface area (Å²) in [4.78, 5) is 14.3. The Balaban J connectivity index is 1.39. The van der Waals surface area contributed by atoms with Gasteiger partial charge in [0, 0.05) is 43.4 Å². The average molecular weight is 328 g/mol. The zero-order chi connectivity index (χ0) is 16.4. The summed E-state index contributed by atoms with van der Waals surface area (Å²) in [5.41, 5.74) is 2.66. The normalized spacial score (nSPS) is 19.6. The van der Waals surface area contributed by atoms with Crippen molar-refractivity contribution in [3.05, 3.63) is 36.5 Å². The molecule has 1 spiro atoms. The molecule has 4 rings (SSSR count). The SMILES string of the molecule is O=C(Nc1cccc(-c2ccn[nH]2)c1)N1CCC2(CC1)OCCO2. The number of amides is 2. The zero-order valence-corrected chi connectivity index (χ0v) is 13.3. The molecule has 2 amide bonds. The zero-order valence-electron chi connectivity index (χ0n) is 13.3. The van der Waals surface area contributed by atoms with Gasteiger partial charge in [-0.1, -0.05) is 12.1 Å². The van der Waals surface area contributed by atoms with Crippen LogP contribution in [-0.4, -0.2) is 53.2 Å². The Bertz CT molecular complexity index is 700. The number of hydrogen-bond donors (Lipinski definition) is 2. The highest BCUT2D eigenvalue weighted by Crippen LogP contribution is 2.31. The Morgan fingerprint density at radius 3 is 2.71 bits per heavy atom. The highest BCUT2D eigenvalue weighted by Gasteiger charge is 2.40. The topological polar surface area (TPSA) is 79.5 Å². The number of H-pyrrole nitrogens is 1. The molecule has 24 heavy (non-hydrogen) atoms. The maximum Gasteiger partial charge on any atom is 0.321 e. The van der Waals surface area contributed by atoms with Crippen LogP contribution in [0.3, 0.4) is 0 Å². The van der Waals surface area contributed by atoms with Crippen molar-refractivity contribution in [1.29, 1.82) is 0 Å². The summed E-state index contributed by atoms with van der Waals surface area (Å²) in [6.45, 7) is 2.55. The van der Waals surface area contributed by atoms with E-state index in [0.29, 0.717) is 39.1 Å². The molecule has 1 aromatic heterocycles. The fraction of sp³-hybridized carbons (Fsp3) is 0.412. The molecule has 2 aliphatic heterocycles. The van der Waals surface area contributed by atoms with Gasteiger partial charge in [-0.05, 0) is 18.2 Å². The Morgan fingerprint density at radius 1 is 1.21 bits per heavy atom. The summed E-state index contributed by atoms with van der Waals surface area (Å²) in [7, 11) is 0. The highest BCUT2D eigenvalue weighted by molar-refractivity contribution is 5.90. The molecule has 7 nitrogen and oxygen atoms in total. The molecule has 0 bridgehead atoms. The Morgan fingerprint density at radius 2 is 2.00 bits per heavy atom. The van der Waals surface area contributed by atoms with E-state index < -0.39 is 5.79 Å². The van der Waals surface area contributed by atoms with Gasteiger partial charge in [0.25, 0.3) is 0 Å². The summed E-state index contributed by atoms with van der Waals surface area (Å²) in [5, 5.41) is 9.84. The number of aromatic nitrogens is 2. The monoisotopic (exact) mass is 328 g/mol. The summed E-state index contributed by atoms with van der Waals surface area (Å²) in [5.74, 6) is -0.461. The van der Waals surface area contributed by atoms with E-state index in [1.54, 1.807) is 11.1 Å². The van der Waals surface area contributed by atoms with E-state index in [2.05, 4.69) is 15.5 Å². The molecular formula is C17H20N4O3. The van der Waals surface area contributed by atoms with Crippen molar-refractivity contribution < 1.29 is 14.3 Å². The van der Waals surface area contributed by atoms with Crippen LogP contribution in [-0.2, 0) is 9.47 Å². The molecule has 0 atom stereocenters. The molecule has 1 aromatic carbocycles. The van der Waals surface area contributed by atoms with Crippen molar-refractivity contribution in [1.82, 2.24) is 15.1 Å². The first kappa shape index (κ1) is 15.2. The van der Waals surface area contributed by atoms with Crippen molar-refractivity contribution in [3.8, 4) is 11.3 Å². The van der Waals surface area contributed by atoms with E-state index in [4.69, 9.17) is 9.47 Å². The minimum absolute atomic E-state index is 0.0930. The molecule has 0 aliphatic carbocycles. The minimum atomic E-state index is -0.461.